The Morgan fingerprint density at radius 3 is 2.41 bits per heavy atom. The number of hydrogen-bond donors (Lipinski definition) is 2. The minimum atomic E-state index is -0.946. The Balaban J connectivity index is 1.31. The third kappa shape index (κ3) is 5.10. The molecular weight excluding hydrogens is 406 g/mol. The molecule has 168 valence electrons. The Hall–Kier alpha value is -3.35. The smallest absolute Gasteiger partial charge is 0.322 e. The van der Waals surface area contributed by atoms with Crippen LogP contribution in [-0.4, -0.2) is 58.5 Å². The summed E-state index contributed by atoms with van der Waals surface area (Å²) < 4.78 is 0. The summed E-state index contributed by atoms with van der Waals surface area (Å²) in [5.74, 6) is -1.81. The molecule has 1 saturated heterocycles. The number of carbonyl (C=O) groups is 3. The lowest BCUT2D eigenvalue weighted by atomic mass is 9.95. The van der Waals surface area contributed by atoms with Crippen LogP contribution in [-0.2, 0) is 22.4 Å². The topological polar surface area (TPSA) is 89.9 Å². The number of urea groups is 1. The van der Waals surface area contributed by atoms with Gasteiger partial charge >= 0.3 is 12.0 Å². The number of carboxylic acids is 1. The van der Waals surface area contributed by atoms with Gasteiger partial charge in [0.1, 0.15) is 0 Å². The van der Waals surface area contributed by atoms with Crippen molar-refractivity contribution in [3.8, 4) is 0 Å². The van der Waals surface area contributed by atoms with Crippen molar-refractivity contribution < 1.29 is 19.5 Å². The molecule has 32 heavy (non-hydrogen) atoms. The lowest BCUT2D eigenvalue weighted by Crippen LogP contribution is -2.50. The Kier molecular flexibility index (Phi) is 6.73. The highest BCUT2D eigenvalue weighted by molar-refractivity contribution is 5.91. The number of nitrogens with one attached hydrogen (secondary N) is 1. The molecule has 1 atom stereocenters. The van der Waals surface area contributed by atoms with Crippen LogP contribution in [0.1, 0.15) is 30.4 Å². The van der Waals surface area contributed by atoms with E-state index in [1.165, 1.54) is 0 Å². The fourth-order valence-corrected chi connectivity index (χ4v) is 4.65. The van der Waals surface area contributed by atoms with Crippen molar-refractivity contribution in [1.29, 1.82) is 0 Å². The molecule has 2 aromatic rings. The molecule has 0 radical (unpaired) electrons. The predicted octanol–water partition coefficient (Wildman–Crippen LogP) is 3.40. The van der Waals surface area contributed by atoms with Gasteiger partial charge in [-0.25, -0.2) is 4.79 Å². The molecule has 4 rings (SSSR count). The summed E-state index contributed by atoms with van der Waals surface area (Å²) in [6, 6.07) is 17.2. The van der Waals surface area contributed by atoms with E-state index in [1.54, 1.807) is 4.90 Å². The summed E-state index contributed by atoms with van der Waals surface area (Å²) >= 11 is 0. The largest absolute Gasteiger partial charge is 0.481 e. The molecule has 1 unspecified atom stereocenters. The standard InChI is InChI=1S/C25H29N3O4/c29-23(17-20(24(30)31)16-18-6-2-1-3-7-18)27-13-11-21(12-14-27)28-15-10-19-8-4-5-9-22(19)26-25(28)32/h1-9,20-21H,10-17H2,(H,26,32)(H,30,31). The molecule has 0 bridgehead atoms. The maximum atomic E-state index is 12.8. The van der Waals surface area contributed by atoms with E-state index in [1.807, 2.05) is 59.5 Å². The minimum absolute atomic E-state index is 0.00555. The second-order valence-electron chi connectivity index (χ2n) is 8.57. The Morgan fingerprint density at radius 1 is 1.00 bits per heavy atom. The van der Waals surface area contributed by atoms with E-state index < -0.39 is 11.9 Å². The number of amides is 3. The minimum Gasteiger partial charge on any atom is -0.481 e. The number of carbonyl (C=O) groups excluding carboxylic acids is 2. The fourth-order valence-electron chi connectivity index (χ4n) is 4.65. The van der Waals surface area contributed by atoms with E-state index in [0.29, 0.717) is 38.9 Å². The third-order valence-electron chi connectivity index (χ3n) is 6.50. The fraction of sp³-hybridized carbons (Fsp3) is 0.400. The van der Waals surface area contributed by atoms with Gasteiger partial charge in [0.2, 0.25) is 5.91 Å². The number of piperidine rings is 1. The first-order chi connectivity index (χ1) is 15.5. The van der Waals surface area contributed by atoms with E-state index in [9.17, 15) is 19.5 Å². The molecule has 2 N–H and O–H groups in total. The summed E-state index contributed by atoms with van der Waals surface area (Å²) in [5.41, 5.74) is 2.92. The molecule has 7 heteroatoms. The molecular formula is C25H29N3O4. The second-order valence-corrected chi connectivity index (χ2v) is 8.57. The Bertz CT molecular complexity index is 970. The van der Waals surface area contributed by atoms with Crippen LogP contribution in [0.4, 0.5) is 10.5 Å². The predicted molar refractivity (Wildman–Crippen MR) is 121 cm³/mol. The van der Waals surface area contributed by atoms with Gasteiger partial charge < -0.3 is 20.2 Å². The molecule has 2 aliphatic heterocycles. The first-order valence-electron chi connectivity index (χ1n) is 11.2. The average Bonchev–Trinajstić information content (AvgIpc) is 2.97. The van der Waals surface area contributed by atoms with Crippen LogP contribution in [0.25, 0.3) is 0 Å². The molecule has 2 aromatic carbocycles. The number of likely N-dealkylation sites (tertiary alicyclic amines) is 1. The molecule has 2 aliphatic rings. The van der Waals surface area contributed by atoms with Gasteiger partial charge in [-0.15, -0.1) is 0 Å². The lowest BCUT2D eigenvalue weighted by Gasteiger charge is -2.38. The second kappa shape index (κ2) is 9.85. The van der Waals surface area contributed by atoms with Gasteiger partial charge in [-0.1, -0.05) is 48.5 Å². The quantitative estimate of drug-likeness (QED) is 0.728. The average molecular weight is 436 g/mol. The van der Waals surface area contributed by atoms with Gasteiger partial charge in [0, 0.05) is 37.8 Å². The molecule has 0 saturated carbocycles. The van der Waals surface area contributed by atoms with Crippen molar-refractivity contribution in [2.75, 3.05) is 25.0 Å². The van der Waals surface area contributed by atoms with Gasteiger partial charge in [0.05, 0.1) is 5.92 Å². The summed E-state index contributed by atoms with van der Waals surface area (Å²) in [4.78, 5) is 40.9. The highest BCUT2D eigenvalue weighted by Gasteiger charge is 2.32. The Morgan fingerprint density at radius 2 is 1.69 bits per heavy atom. The number of para-hydroxylation sites is 1. The summed E-state index contributed by atoms with van der Waals surface area (Å²) in [5, 5.41) is 12.6. The highest BCUT2D eigenvalue weighted by atomic mass is 16.4. The monoisotopic (exact) mass is 435 g/mol. The van der Waals surface area contributed by atoms with Crippen molar-refractivity contribution in [3.63, 3.8) is 0 Å². The molecule has 0 spiro atoms. The Labute approximate surface area is 188 Å². The molecule has 0 aliphatic carbocycles. The highest BCUT2D eigenvalue weighted by Crippen LogP contribution is 2.25. The van der Waals surface area contributed by atoms with Crippen molar-refractivity contribution in [1.82, 2.24) is 9.80 Å². The lowest BCUT2D eigenvalue weighted by molar-refractivity contribution is -0.146. The van der Waals surface area contributed by atoms with Crippen LogP contribution in [0, 0.1) is 5.92 Å². The van der Waals surface area contributed by atoms with E-state index >= 15 is 0 Å². The maximum Gasteiger partial charge on any atom is 0.322 e. The van der Waals surface area contributed by atoms with E-state index in [0.717, 1.165) is 23.2 Å². The number of rotatable bonds is 6. The van der Waals surface area contributed by atoms with Crippen LogP contribution < -0.4 is 5.32 Å². The van der Waals surface area contributed by atoms with Crippen LogP contribution in [0.5, 0.6) is 0 Å². The van der Waals surface area contributed by atoms with Crippen molar-refractivity contribution in [3.05, 3.63) is 65.7 Å². The van der Waals surface area contributed by atoms with Gasteiger partial charge in [-0.05, 0) is 42.9 Å². The molecule has 0 aromatic heterocycles. The van der Waals surface area contributed by atoms with Crippen LogP contribution >= 0.6 is 0 Å². The number of nitrogens with zero attached hydrogens (tertiary/aromatic N) is 2. The van der Waals surface area contributed by atoms with E-state index in [2.05, 4.69) is 5.32 Å². The first-order valence-corrected chi connectivity index (χ1v) is 11.2. The third-order valence-corrected chi connectivity index (χ3v) is 6.50. The van der Waals surface area contributed by atoms with Crippen LogP contribution in [0.3, 0.4) is 0 Å². The normalized spacial score (nSPS) is 17.8. The zero-order valence-electron chi connectivity index (χ0n) is 18.1. The SMILES string of the molecule is O=C(O)C(CC(=O)N1CCC(N2CCc3ccccc3NC2=O)CC1)Cc1ccccc1. The molecule has 1 fully saturated rings. The maximum absolute atomic E-state index is 12.8. The van der Waals surface area contributed by atoms with Crippen molar-refractivity contribution >= 4 is 23.6 Å². The summed E-state index contributed by atoms with van der Waals surface area (Å²) in [7, 11) is 0. The number of anilines is 1. The van der Waals surface area contributed by atoms with Crippen LogP contribution in [0.2, 0.25) is 0 Å². The van der Waals surface area contributed by atoms with Crippen LogP contribution in [0.15, 0.2) is 54.6 Å². The molecule has 2 heterocycles. The summed E-state index contributed by atoms with van der Waals surface area (Å²) in [6.45, 7) is 1.73. The number of benzene rings is 2. The van der Waals surface area contributed by atoms with Gasteiger partial charge in [0.15, 0.2) is 0 Å². The van der Waals surface area contributed by atoms with Gasteiger partial charge in [-0.3, -0.25) is 9.59 Å². The number of fused-ring (bicyclic) bond motifs is 1. The zero-order valence-corrected chi connectivity index (χ0v) is 18.1. The number of hydrogen-bond acceptors (Lipinski definition) is 3. The van der Waals surface area contributed by atoms with E-state index in [-0.39, 0.29) is 24.4 Å². The van der Waals surface area contributed by atoms with E-state index in [4.69, 9.17) is 0 Å². The number of carboxylic acid groups (broad SMARTS) is 1. The first kappa shape index (κ1) is 21.9. The summed E-state index contributed by atoms with van der Waals surface area (Å²) in [6.07, 6.45) is 2.53. The van der Waals surface area contributed by atoms with Gasteiger partial charge in [-0.2, -0.15) is 0 Å². The van der Waals surface area contributed by atoms with Crippen molar-refractivity contribution in [2.45, 2.75) is 38.1 Å². The van der Waals surface area contributed by atoms with Crippen molar-refractivity contribution in [2.24, 2.45) is 5.92 Å². The zero-order chi connectivity index (χ0) is 22.5. The van der Waals surface area contributed by atoms with Gasteiger partial charge in [0.25, 0.3) is 0 Å². The molecule has 7 nitrogen and oxygen atoms in total. The number of aliphatic carboxylic acids is 1. The molecule has 3 amide bonds.